The number of anilines is 1. The van der Waals surface area contributed by atoms with E-state index in [0.29, 0.717) is 11.1 Å². The minimum Gasteiger partial charge on any atom is -0.324 e. The number of hydrogen-bond donors (Lipinski definition) is 1. The Labute approximate surface area is 152 Å². The molecular formula is C21H20N2O3. The van der Waals surface area contributed by atoms with E-state index < -0.39 is 11.8 Å². The molecule has 0 spiro atoms. The fourth-order valence-electron chi connectivity index (χ4n) is 3.78. The van der Waals surface area contributed by atoms with Crippen molar-refractivity contribution in [3.05, 3.63) is 64.2 Å². The summed E-state index contributed by atoms with van der Waals surface area (Å²) in [5, 5.41) is 2.89. The molecule has 5 nitrogen and oxygen atoms in total. The Kier molecular flexibility index (Phi) is 4.07. The van der Waals surface area contributed by atoms with Gasteiger partial charge in [0, 0.05) is 5.69 Å². The summed E-state index contributed by atoms with van der Waals surface area (Å²) < 4.78 is 0. The molecule has 1 aliphatic carbocycles. The zero-order valence-electron chi connectivity index (χ0n) is 14.7. The molecule has 0 unspecified atom stereocenters. The molecule has 5 heteroatoms. The fourth-order valence-corrected chi connectivity index (χ4v) is 3.78. The first-order valence-electron chi connectivity index (χ1n) is 8.92. The van der Waals surface area contributed by atoms with E-state index in [4.69, 9.17) is 0 Å². The molecule has 2 aliphatic rings. The van der Waals surface area contributed by atoms with E-state index in [1.165, 1.54) is 17.5 Å². The monoisotopic (exact) mass is 348 g/mol. The Morgan fingerprint density at radius 1 is 1.04 bits per heavy atom. The summed E-state index contributed by atoms with van der Waals surface area (Å²) >= 11 is 0. The number of nitrogens with one attached hydrogen (secondary N) is 1. The van der Waals surface area contributed by atoms with Crippen molar-refractivity contribution in [2.24, 2.45) is 0 Å². The first-order chi connectivity index (χ1) is 12.5. The van der Waals surface area contributed by atoms with Crippen LogP contribution in [0.4, 0.5) is 5.69 Å². The zero-order valence-corrected chi connectivity index (χ0v) is 14.7. The molecule has 0 bridgehead atoms. The molecular weight excluding hydrogens is 328 g/mol. The van der Waals surface area contributed by atoms with E-state index in [1.54, 1.807) is 18.2 Å². The van der Waals surface area contributed by atoms with Gasteiger partial charge in [-0.3, -0.25) is 19.3 Å². The maximum absolute atomic E-state index is 12.5. The SMILES string of the molecule is Cc1ccc2c(c1)C(=O)N(CC(=O)Nc1cccc3c1CCCC3)C2=O. The first kappa shape index (κ1) is 16.5. The van der Waals surface area contributed by atoms with E-state index in [1.807, 2.05) is 19.1 Å². The number of hydrogen-bond acceptors (Lipinski definition) is 3. The highest BCUT2D eigenvalue weighted by molar-refractivity contribution is 6.22. The van der Waals surface area contributed by atoms with Crippen LogP contribution >= 0.6 is 0 Å². The molecule has 3 amide bonds. The standard InChI is InChI=1S/C21H20N2O3/c1-13-9-10-16-17(11-13)21(26)23(20(16)25)12-19(24)22-18-8-4-6-14-5-2-3-7-15(14)18/h4,6,8-11H,2-3,5,7,12H2,1H3,(H,22,24). The highest BCUT2D eigenvalue weighted by Crippen LogP contribution is 2.28. The summed E-state index contributed by atoms with van der Waals surface area (Å²) in [5.41, 5.74) is 4.88. The van der Waals surface area contributed by atoms with Gasteiger partial charge in [-0.15, -0.1) is 0 Å². The molecule has 1 heterocycles. The van der Waals surface area contributed by atoms with Gasteiger partial charge in [0.1, 0.15) is 6.54 Å². The van der Waals surface area contributed by atoms with Crippen molar-refractivity contribution in [2.45, 2.75) is 32.6 Å². The normalized spacial score (nSPS) is 15.7. The molecule has 132 valence electrons. The number of fused-ring (bicyclic) bond motifs is 2. The molecule has 0 radical (unpaired) electrons. The van der Waals surface area contributed by atoms with Crippen molar-refractivity contribution in [2.75, 3.05) is 11.9 Å². The highest BCUT2D eigenvalue weighted by Gasteiger charge is 2.36. The lowest BCUT2D eigenvalue weighted by atomic mass is 9.90. The lowest BCUT2D eigenvalue weighted by Gasteiger charge is -2.20. The third kappa shape index (κ3) is 2.79. The summed E-state index contributed by atoms with van der Waals surface area (Å²) in [6.45, 7) is 1.60. The Bertz CT molecular complexity index is 933. The van der Waals surface area contributed by atoms with E-state index in [-0.39, 0.29) is 12.5 Å². The first-order valence-corrected chi connectivity index (χ1v) is 8.92. The molecule has 1 aliphatic heterocycles. The number of amides is 3. The fraction of sp³-hybridized carbons (Fsp3) is 0.286. The third-order valence-corrected chi connectivity index (χ3v) is 5.10. The average molecular weight is 348 g/mol. The second-order valence-electron chi connectivity index (χ2n) is 6.94. The minimum atomic E-state index is -0.407. The van der Waals surface area contributed by atoms with Crippen LogP contribution in [0.25, 0.3) is 0 Å². The molecule has 0 aromatic heterocycles. The third-order valence-electron chi connectivity index (χ3n) is 5.10. The second-order valence-corrected chi connectivity index (χ2v) is 6.94. The van der Waals surface area contributed by atoms with E-state index in [9.17, 15) is 14.4 Å². The van der Waals surface area contributed by atoms with Gasteiger partial charge in [0.25, 0.3) is 11.8 Å². The van der Waals surface area contributed by atoms with E-state index >= 15 is 0 Å². The van der Waals surface area contributed by atoms with Gasteiger partial charge in [0.15, 0.2) is 0 Å². The number of carbonyl (C=O) groups is 3. The summed E-state index contributed by atoms with van der Waals surface area (Å²) in [7, 11) is 0. The Hall–Kier alpha value is -2.95. The molecule has 2 aromatic carbocycles. The lowest BCUT2D eigenvalue weighted by Crippen LogP contribution is -2.37. The van der Waals surface area contributed by atoms with Crippen molar-refractivity contribution >= 4 is 23.4 Å². The van der Waals surface area contributed by atoms with Crippen molar-refractivity contribution in [1.29, 1.82) is 0 Å². The largest absolute Gasteiger partial charge is 0.324 e. The van der Waals surface area contributed by atoms with Gasteiger partial charge in [-0.2, -0.15) is 0 Å². The summed E-state index contributed by atoms with van der Waals surface area (Å²) in [5.74, 6) is -1.16. The van der Waals surface area contributed by atoms with Gasteiger partial charge in [-0.1, -0.05) is 23.8 Å². The van der Waals surface area contributed by atoms with E-state index in [2.05, 4.69) is 11.4 Å². The van der Waals surface area contributed by atoms with Gasteiger partial charge >= 0.3 is 0 Å². The maximum atomic E-state index is 12.5. The average Bonchev–Trinajstić information content (AvgIpc) is 2.86. The van der Waals surface area contributed by atoms with Crippen LogP contribution < -0.4 is 5.32 Å². The van der Waals surface area contributed by atoms with Crippen molar-refractivity contribution in [3.8, 4) is 0 Å². The van der Waals surface area contributed by atoms with Crippen LogP contribution in [0.1, 0.15) is 50.2 Å². The number of benzene rings is 2. The van der Waals surface area contributed by atoms with Gasteiger partial charge in [-0.05, 0) is 61.9 Å². The minimum absolute atomic E-state index is 0.269. The molecule has 0 fully saturated rings. The molecule has 26 heavy (non-hydrogen) atoms. The molecule has 2 aromatic rings. The van der Waals surface area contributed by atoms with Gasteiger partial charge in [0.2, 0.25) is 5.91 Å². The molecule has 4 rings (SSSR count). The van der Waals surface area contributed by atoms with Crippen LogP contribution in [0, 0.1) is 6.92 Å². The molecule has 0 atom stereocenters. The van der Waals surface area contributed by atoms with Gasteiger partial charge in [0.05, 0.1) is 11.1 Å². The number of carbonyl (C=O) groups excluding carboxylic acids is 3. The molecule has 0 saturated heterocycles. The Morgan fingerprint density at radius 3 is 2.65 bits per heavy atom. The van der Waals surface area contributed by atoms with Crippen molar-refractivity contribution < 1.29 is 14.4 Å². The number of imide groups is 1. The van der Waals surface area contributed by atoms with Crippen LogP contribution in [0.3, 0.4) is 0 Å². The molecule has 0 saturated carbocycles. The summed E-state index contributed by atoms with van der Waals surface area (Å²) in [4.78, 5) is 38.5. The Morgan fingerprint density at radius 2 is 1.81 bits per heavy atom. The number of aryl methyl sites for hydroxylation is 2. The van der Waals surface area contributed by atoms with Crippen molar-refractivity contribution in [3.63, 3.8) is 0 Å². The Balaban J connectivity index is 1.51. The lowest BCUT2D eigenvalue weighted by molar-refractivity contribution is -0.116. The maximum Gasteiger partial charge on any atom is 0.262 e. The highest BCUT2D eigenvalue weighted by atomic mass is 16.2. The summed E-state index contributed by atoms with van der Waals surface area (Å²) in [6.07, 6.45) is 4.24. The smallest absolute Gasteiger partial charge is 0.262 e. The van der Waals surface area contributed by atoms with Crippen LogP contribution in [0.5, 0.6) is 0 Å². The zero-order chi connectivity index (χ0) is 18.3. The topological polar surface area (TPSA) is 66.5 Å². The quantitative estimate of drug-likeness (QED) is 0.867. The summed E-state index contributed by atoms with van der Waals surface area (Å²) in [6, 6.07) is 11.1. The molecule has 1 N–H and O–H groups in total. The van der Waals surface area contributed by atoms with Gasteiger partial charge in [-0.25, -0.2) is 0 Å². The predicted molar refractivity (Wildman–Crippen MR) is 98.3 cm³/mol. The van der Waals surface area contributed by atoms with E-state index in [0.717, 1.165) is 35.4 Å². The second kappa shape index (κ2) is 6.41. The van der Waals surface area contributed by atoms with Crippen LogP contribution in [0.2, 0.25) is 0 Å². The number of rotatable bonds is 3. The van der Waals surface area contributed by atoms with Crippen LogP contribution in [-0.4, -0.2) is 29.2 Å². The van der Waals surface area contributed by atoms with Gasteiger partial charge < -0.3 is 5.32 Å². The van der Waals surface area contributed by atoms with Crippen molar-refractivity contribution in [1.82, 2.24) is 4.90 Å². The number of nitrogens with zero attached hydrogens (tertiary/aromatic N) is 1. The predicted octanol–water partition coefficient (Wildman–Crippen LogP) is 3.11. The van der Waals surface area contributed by atoms with Crippen LogP contribution in [-0.2, 0) is 17.6 Å². The van der Waals surface area contributed by atoms with Crippen LogP contribution in [0.15, 0.2) is 36.4 Å².